The van der Waals surface area contributed by atoms with E-state index < -0.39 is 5.54 Å². The summed E-state index contributed by atoms with van der Waals surface area (Å²) in [5.41, 5.74) is -0.436. The highest BCUT2D eigenvalue weighted by molar-refractivity contribution is 5.98. The van der Waals surface area contributed by atoms with Crippen molar-refractivity contribution in [2.75, 3.05) is 6.54 Å². The lowest BCUT2D eigenvalue weighted by Crippen LogP contribution is -2.69. The van der Waals surface area contributed by atoms with Gasteiger partial charge in [0.25, 0.3) is 0 Å². The molecule has 0 aromatic carbocycles. The van der Waals surface area contributed by atoms with Gasteiger partial charge in [0.15, 0.2) is 0 Å². The quantitative estimate of drug-likeness (QED) is 0.799. The predicted octanol–water partition coefficient (Wildman–Crippen LogP) is 2.23. The van der Waals surface area contributed by atoms with E-state index in [4.69, 9.17) is 0 Å². The van der Waals surface area contributed by atoms with Crippen molar-refractivity contribution in [3.05, 3.63) is 0 Å². The van der Waals surface area contributed by atoms with Crippen molar-refractivity contribution in [1.82, 2.24) is 10.2 Å². The van der Waals surface area contributed by atoms with Gasteiger partial charge in [0.1, 0.15) is 5.54 Å². The average molecular weight is 278 g/mol. The largest absolute Gasteiger partial charge is 0.340 e. The van der Waals surface area contributed by atoms with Crippen LogP contribution >= 0.6 is 0 Å². The van der Waals surface area contributed by atoms with Crippen molar-refractivity contribution in [2.24, 2.45) is 5.41 Å². The molecule has 1 atom stereocenters. The van der Waals surface area contributed by atoms with Crippen molar-refractivity contribution in [2.45, 2.75) is 76.8 Å². The molecular weight excluding hydrogens is 252 g/mol. The summed E-state index contributed by atoms with van der Waals surface area (Å²) in [4.78, 5) is 27.0. The van der Waals surface area contributed by atoms with Crippen molar-refractivity contribution in [1.29, 1.82) is 0 Å². The molecule has 0 aromatic heterocycles. The number of nitrogens with zero attached hydrogens (tertiary/aromatic N) is 1. The van der Waals surface area contributed by atoms with Crippen LogP contribution in [0.2, 0.25) is 0 Å². The van der Waals surface area contributed by atoms with Gasteiger partial charge in [-0.25, -0.2) is 0 Å². The number of rotatable bonds is 1. The Balaban J connectivity index is 1.88. The van der Waals surface area contributed by atoms with Gasteiger partial charge in [0.2, 0.25) is 11.8 Å². The number of carbonyl (C=O) groups is 2. The van der Waals surface area contributed by atoms with Gasteiger partial charge in [-0.05, 0) is 31.1 Å². The molecule has 0 aromatic rings. The number of hydrogen-bond acceptors (Lipinski definition) is 2. The maximum Gasteiger partial charge on any atom is 0.249 e. The minimum Gasteiger partial charge on any atom is -0.340 e. The van der Waals surface area contributed by atoms with Gasteiger partial charge in [-0.1, -0.05) is 39.5 Å². The van der Waals surface area contributed by atoms with Crippen LogP contribution in [-0.4, -0.2) is 34.8 Å². The maximum atomic E-state index is 13.0. The molecule has 112 valence electrons. The average Bonchev–Trinajstić information content (AvgIpc) is 2.83. The molecule has 1 spiro atoms. The summed E-state index contributed by atoms with van der Waals surface area (Å²) in [6.07, 6.45) is 8.35. The van der Waals surface area contributed by atoms with Crippen molar-refractivity contribution in [3.8, 4) is 0 Å². The zero-order valence-corrected chi connectivity index (χ0v) is 12.7. The van der Waals surface area contributed by atoms with E-state index in [1.807, 2.05) is 4.90 Å². The second-order valence-corrected chi connectivity index (χ2v) is 7.52. The molecule has 20 heavy (non-hydrogen) atoms. The minimum absolute atomic E-state index is 0.0351. The number of carbonyl (C=O) groups excluding carboxylic acids is 2. The summed E-state index contributed by atoms with van der Waals surface area (Å²) in [6, 6.07) is 0.229. The summed E-state index contributed by atoms with van der Waals surface area (Å²) >= 11 is 0. The highest BCUT2D eigenvalue weighted by atomic mass is 16.2. The van der Waals surface area contributed by atoms with E-state index in [-0.39, 0.29) is 29.8 Å². The molecule has 3 rings (SSSR count). The molecule has 2 aliphatic carbocycles. The standard InChI is InChI=1S/C16H26N2O2/c1-15(2)8-4-3-7-12(15)18-11-13(19)17-16(14(18)20)9-5-6-10-16/h12H,3-11H2,1-2H3,(H,17,19). The topological polar surface area (TPSA) is 49.4 Å². The Bertz CT molecular complexity index is 424. The summed E-state index contributed by atoms with van der Waals surface area (Å²) in [5, 5.41) is 3.01. The Morgan fingerprint density at radius 1 is 1.05 bits per heavy atom. The van der Waals surface area contributed by atoms with Crippen LogP contribution in [0.15, 0.2) is 0 Å². The molecule has 1 heterocycles. The van der Waals surface area contributed by atoms with E-state index in [2.05, 4.69) is 19.2 Å². The summed E-state index contributed by atoms with van der Waals surface area (Å²) in [7, 11) is 0. The fraction of sp³-hybridized carbons (Fsp3) is 0.875. The van der Waals surface area contributed by atoms with Crippen LogP contribution in [0.3, 0.4) is 0 Å². The molecular formula is C16H26N2O2. The van der Waals surface area contributed by atoms with Gasteiger partial charge in [0, 0.05) is 6.04 Å². The molecule has 2 amide bonds. The Morgan fingerprint density at radius 3 is 2.35 bits per heavy atom. The lowest BCUT2D eigenvalue weighted by molar-refractivity contribution is -0.156. The van der Waals surface area contributed by atoms with E-state index in [1.165, 1.54) is 12.8 Å². The van der Waals surface area contributed by atoms with Crippen LogP contribution in [-0.2, 0) is 9.59 Å². The maximum absolute atomic E-state index is 13.0. The smallest absolute Gasteiger partial charge is 0.249 e. The number of amides is 2. The van der Waals surface area contributed by atoms with Crippen LogP contribution in [0.4, 0.5) is 0 Å². The van der Waals surface area contributed by atoms with Gasteiger partial charge in [-0.15, -0.1) is 0 Å². The third-order valence-corrected chi connectivity index (χ3v) is 5.65. The van der Waals surface area contributed by atoms with Gasteiger partial charge in [-0.3, -0.25) is 9.59 Å². The number of hydrogen-bond donors (Lipinski definition) is 1. The second kappa shape index (κ2) is 4.74. The first-order valence-corrected chi connectivity index (χ1v) is 8.07. The highest BCUT2D eigenvalue weighted by Gasteiger charge is 2.51. The molecule has 3 aliphatic rings. The number of nitrogens with one attached hydrogen (secondary N) is 1. The zero-order valence-electron chi connectivity index (χ0n) is 12.7. The zero-order chi connectivity index (χ0) is 14.4. The lowest BCUT2D eigenvalue weighted by atomic mass is 9.71. The van der Waals surface area contributed by atoms with Crippen molar-refractivity contribution >= 4 is 11.8 Å². The van der Waals surface area contributed by atoms with Gasteiger partial charge in [0.05, 0.1) is 6.54 Å². The first kappa shape index (κ1) is 13.9. The highest BCUT2D eigenvalue weighted by Crippen LogP contribution is 2.42. The Hall–Kier alpha value is -1.06. The SMILES string of the molecule is CC1(C)CCCCC1N1CC(=O)NC2(CCCC2)C1=O. The molecule has 0 bridgehead atoms. The molecule has 2 saturated carbocycles. The van der Waals surface area contributed by atoms with Crippen molar-refractivity contribution < 1.29 is 9.59 Å². The van der Waals surface area contributed by atoms with E-state index >= 15 is 0 Å². The molecule has 0 radical (unpaired) electrons. The van der Waals surface area contributed by atoms with Crippen LogP contribution in [0.5, 0.6) is 0 Å². The fourth-order valence-corrected chi connectivity index (χ4v) is 4.48. The molecule has 4 heteroatoms. The van der Waals surface area contributed by atoms with Gasteiger partial charge >= 0.3 is 0 Å². The first-order valence-electron chi connectivity index (χ1n) is 8.07. The van der Waals surface area contributed by atoms with Crippen LogP contribution in [0, 0.1) is 5.41 Å². The third kappa shape index (κ3) is 2.13. The Kier molecular flexibility index (Phi) is 3.30. The second-order valence-electron chi connectivity index (χ2n) is 7.52. The monoisotopic (exact) mass is 278 g/mol. The predicted molar refractivity (Wildman–Crippen MR) is 77.1 cm³/mol. The van der Waals surface area contributed by atoms with Gasteiger partial charge < -0.3 is 10.2 Å². The molecule has 4 nitrogen and oxygen atoms in total. The fourth-order valence-electron chi connectivity index (χ4n) is 4.48. The lowest BCUT2D eigenvalue weighted by Gasteiger charge is -2.50. The van der Waals surface area contributed by atoms with Crippen molar-refractivity contribution in [3.63, 3.8) is 0 Å². The van der Waals surface area contributed by atoms with E-state index in [0.29, 0.717) is 0 Å². The normalized spacial score (nSPS) is 32.5. The first-order chi connectivity index (χ1) is 9.45. The Morgan fingerprint density at radius 2 is 1.70 bits per heavy atom. The minimum atomic E-state index is -0.567. The van der Waals surface area contributed by atoms with Crippen LogP contribution in [0.25, 0.3) is 0 Å². The molecule has 1 saturated heterocycles. The van der Waals surface area contributed by atoms with E-state index in [0.717, 1.165) is 38.5 Å². The molecule has 1 unspecified atom stereocenters. The third-order valence-electron chi connectivity index (χ3n) is 5.65. The van der Waals surface area contributed by atoms with Crippen LogP contribution < -0.4 is 5.32 Å². The number of piperazine rings is 1. The molecule has 1 N–H and O–H groups in total. The summed E-state index contributed by atoms with van der Waals surface area (Å²) in [5.74, 6) is 0.224. The summed E-state index contributed by atoms with van der Waals surface area (Å²) in [6.45, 7) is 4.75. The molecule has 1 aliphatic heterocycles. The van der Waals surface area contributed by atoms with E-state index in [1.54, 1.807) is 0 Å². The Labute approximate surface area is 121 Å². The van der Waals surface area contributed by atoms with Crippen LogP contribution in [0.1, 0.15) is 65.2 Å². The summed E-state index contributed by atoms with van der Waals surface area (Å²) < 4.78 is 0. The molecule has 3 fully saturated rings. The van der Waals surface area contributed by atoms with Gasteiger partial charge in [-0.2, -0.15) is 0 Å². The van der Waals surface area contributed by atoms with E-state index in [9.17, 15) is 9.59 Å².